The van der Waals surface area contributed by atoms with Gasteiger partial charge in [0.25, 0.3) is 0 Å². The Kier molecular flexibility index (Phi) is 4.97. The molecule has 0 aliphatic carbocycles. The monoisotopic (exact) mass is 269 g/mol. The molecule has 2 N–H and O–H groups in total. The summed E-state index contributed by atoms with van der Waals surface area (Å²) in [5, 5.41) is 11.3. The van der Waals surface area contributed by atoms with Gasteiger partial charge >= 0.3 is 12.1 Å². The highest BCUT2D eigenvalue weighted by Crippen LogP contribution is 2.10. The molecule has 1 aromatic rings. The number of carbonyl (C=O) groups excluding carboxylic acids is 1. The summed E-state index contributed by atoms with van der Waals surface area (Å²) in [7, 11) is 0. The van der Waals surface area contributed by atoms with E-state index in [0.717, 1.165) is 0 Å². The van der Waals surface area contributed by atoms with E-state index in [1.807, 2.05) is 0 Å². The highest BCUT2D eigenvalue weighted by atomic mass is 16.6. The number of aromatic carboxylic acids is 1. The molecule has 6 heteroatoms. The number of alkyl carbamates (subject to hydrolysis) is 1. The Bertz CT molecular complexity index is 444. The normalized spacial score (nSPS) is 11.1. The zero-order valence-electron chi connectivity index (χ0n) is 11.4. The lowest BCUT2D eigenvalue weighted by molar-refractivity contribution is 0.0526. The largest absolute Gasteiger partial charge is 0.475 e. The van der Waals surface area contributed by atoms with Gasteiger partial charge in [-0.3, -0.25) is 0 Å². The minimum Gasteiger partial charge on any atom is -0.475 e. The van der Waals surface area contributed by atoms with Crippen molar-refractivity contribution in [1.29, 1.82) is 0 Å². The average Bonchev–Trinajstić information content (AvgIpc) is 2.70. The third-order valence-electron chi connectivity index (χ3n) is 2.14. The summed E-state index contributed by atoms with van der Waals surface area (Å²) in [5.41, 5.74) is -0.512. The maximum absolute atomic E-state index is 11.3. The molecule has 106 valence electrons. The van der Waals surface area contributed by atoms with Crippen molar-refractivity contribution >= 4 is 12.1 Å². The number of carboxylic acids is 1. The van der Waals surface area contributed by atoms with Gasteiger partial charge in [0.2, 0.25) is 5.76 Å². The first kappa shape index (κ1) is 15.1. The summed E-state index contributed by atoms with van der Waals surface area (Å²) in [6.45, 7) is 5.83. The molecular formula is C13H19NO5. The Hall–Kier alpha value is -1.98. The first-order valence-corrected chi connectivity index (χ1v) is 6.07. The van der Waals surface area contributed by atoms with Crippen LogP contribution in [-0.2, 0) is 11.2 Å². The molecule has 6 nitrogen and oxygen atoms in total. The number of furan rings is 1. The summed E-state index contributed by atoms with van der Waals surface area (Å²) >= 11 is 0. The van der Waals surface area contributed by atoms with Gasteiger partial charge in [0.15, 0.2) is 0 Å². The maximum Gasteiger partial charge on any atom is 0.407 e. The van der Waals surface area contributed by atoms with E-state index in [4.69, 9.17) is 14.3 Å². The van der Waals surface area contributed by atoms with Gasteiger partial charge < -0.3 is 19.6 Å². The van der Waals surface area contributed by atoms with E-state index in [-0.39, 0.29) is 5.76 Å². The van der Waals surface area contributed by atoms with Crippen LogP contribution in [0.1, 0.15) is 43.5 Å². The van der Waals surface area contributed by atoms with Gasteiger partial charge in [-0.1, -0.05) is 0 Å². The maximum atomic E-state index is 11.3. The second-order valence-electron chi connectivity index (χ2n) is 5.10. The molecule has 1 rings (SSSR count). The summed E-state index contributed by atoms with van der Waals surface area (Å²) in [4.78, 5) is 21.9. The van der Waals surface area contributed by atoms with E-state index in [1.54, 1.807) is 26.8 Å². The number of carbonyl (C=O) groups is 2. The van der Waals surface area contributed by atoms with Crippen molar-refractivity contribution < 1.29 is 23.8 Å². The van der Waals surface area contributed by atoms with E-state index in [0.29, 0.717) is 25.1 Å². The van der Waals surface area contributed by atoms with Gasteiger partial charge in [-0.05, 0) is 39.3 Å². The van der Waals surface area contributed by atoms with Gasteiger partial charge in [0.1, 0.15) is 11.4 Å². The van der Waals surface area contributed by atoms with Crippen molar-refractivity contribution in [1.82, 2.24) is 5.32 Å². The van der Waals surface area contributed by atoms with Crippen LogP contribution in [0.15, 0.2) is 16.5 Å². The van der Waals surface area contributed by atoms with Crippen molar-refractivity contribution in [3.8, 4) is 0 Å². The SMILES string of the molecule is CC(C)(C)OC(=O)NCCCc1ccc(C(=O)O)o1. The molecule has 0 bridgehead atoms. The number of ether oxygens (including phenoxy) is 1. The van der Waals surface area contributed by atoms with Crippen molar-refractivity contribution in [2.45, 2.75) is 39.2 Å². The summed E-state index contributed by atoms with van der Waals surface area (Å²) < 4.78 is 10.2. The smallest absolute Gasteiger partial charge is 0.407 e. The molecule has 1 heterocycles. The van der Waals surface area contributed by atoms with E-state index < -0.39 is 17.7 Å². The van der Waals surface area contributed by atoms with E-state index in [1.165, 1.54) is 6.07 Å². The van der Waals surface area contributed by atoms with Crippen LogP contribution in [0.25, 0.3) is 0 Å². The number of aryl methyl sites for hydroxylation is 1. The van der Waals surface area contributed by atoms with Crippen LogP contribution >= 0.6 is 0 Å². The predicted molar refractivity (Wildman–Crippen MR) is 68.2 cm³/mol. The molecule has 0 aromatic carbocycles. The zero-order chi connectivity index (χ0) is 14.5. The van der Waals surface area contributed by atoms with Crippen molar-refractivity contribution in [2.75, 3.05) is 6.54 Å². The van der Waals surface area contributed by atoms with Crippen LogP contribution < -0.4 is 5.32 Å². The molecule has 0 spiro atoms. The molecule has 0 saturated carbocycles. The minimum atomic E-state index is -1.09. The fourth-order valence-corrected chi connectivity index (χ4v) is 1.39. The van der Waals surface area contributed by atoms with Gasteiger partial charge in [-0.15, -0.1) is 0 Å². The predicted octanol–water partition coefficient (Wildman–Crippen LogP) is 2.44. The van der Waals surface area contributed by atoms with Gasteiger partial charge in [-0.2, -0.15) is 0 Å². The Morgan fingerprint density at radius 2 is 2.05 bits per heavy atom. The Balaban J connectivity index is 2.23. The Morgan fingerprint density at radius 1 is 1.37 bits per heavy atom. The zero-order valence-corrected chi connectivity index (χ0v) is 11.4. The quantitative estimate of drug-likeness (QED) is 0.801. The van der Waals surface area contributed by atoms with Gasteiger partial charge in [-0.25, -0.2) is 9.59 Å². The van der Waals surface area contributed by atoms with Crippen molar-refractivity contribution in [2.24, 2.45) is 0 Å². The molecular weight excluding hydrogens is 250 g/mol. The topological polar surface area (TPSA) is 88.8 Å². The second-order valence-corrected chi connectivity index (χ2v) is 5.10. The number of rotatable bonds is 5. The lowest BCUT2D eigenvalue weighted by atomic mass is 10.2. The lowest BCUT2D eigenvalue weighted by Crippen LogP contribution is -2.33. The first-order valence-electron chi connectivity index (χ1n) is 6.07. The average molecular weight is 269 g/mol. The number of hydrogen-bond donors (Lipinski definition) is 2. The van der Waals surface area contributed by atoms with Crippen LogP contribution in [0.2, 0.25) is 0 Å². The molecule has 1 amide bonds. The van der Waals surface area contributed by atoms with Crippen LogP contribution in [0.4, 0.5) is 4.79 Å². The van der Waals surface area contributed by atoms with Crippen molar-refractivity contribution in [3.63, 3.8) is 0 Å². The first-order chi connectivity index (χ1) is 8.78. The Labute approximate surface area is 111 Å². The summed E-state index contributed by atoms with van der Waals surface area (Å²) in [5.74, 6) is -0.573. The molecule has 0 radical (unpaired) electrons. The van der Waals surface area contributed by atoms with Gasteiger partial charge in [0, 0.05) is 13.0 Å². The third kappa shape index (κ3) is 5.94. The van der Waals surface area contributed by atoms with Gasteiger partial charge in [0.05, 0.1) is 0 Å². The molecule has 1 aromatic heterocycles. The molecule has 0 atom stereocenters. The second kappa shape index (κ2) is 6.26. The van der Waals surface area contributed by atoms with E-state index in [2.05, 4.69) is 5.32 Å². The molecule has 0 unspecified atom stereocenters. The summed E-state index contributed by atoms with van der Waals surface area (Å²) in [6, 6.07) is 3.04. The van der Waals surface area contributed by atoms with Crippen LogP contribution in [-0.4, -0.2) is 29.3 Å². The molecule has 0 fully saturated rings. The Morgan fingerprint density at radius 3 is 2.58 bits per heavy atom. The lowest BCUT2D eigenvalue weighted by Gasteiger charge is -2.19. The highest BCUT2D eigenvalue weighted by molar-refractivity contribution is 5.84. The number of nitrogens with one attached hydrogen (secondary N) is 1. The molecule has 0 aliphatic heterocycles. The van der Waals surface area contributed by atoms with Crippen molar-refractivity contribution in [3.05, 3.63) is 23.7 Å². The fraction of sp³-hybridized carbons (Fsp3) is 0.538. The molecule has 19 heavy (non-hydrogen) atoms. The molecule has 0 aliphatic rings. The minimum absolute atomic E-state index is 0.0740. The van der Waals surface area contributed by atoms with E-state index >= 15 is 0 Å². The number of amides is 1. The standard InChI is InChI=1S/C13H19NO5/c1-13(2,3)19-12(17)14-8-4-5-9-6-7-10(18-9)11(15)16/h6-7H,4-5,8H2,1-3H3,(H,14,17)(H,15,16). The number of hydrogen-bond acceptors (Lipinski definition) is 4. The fourth-order valence-electron chi connectivity index (χ4n) is 1.39. The van der Waals surface area contributed by atoms with E-state index in [9.17, 15) is 9.59 Å². The molecule has 0 saturated heterocycles. The highest BCUT2D eigenvalue weighted by Gasteiger charge is 2.15. The number of carboxylic acid groups (broad SMARTS) is 1. The van der Waals surface area contributed by atoms with Crippen LogP contribution in [0.5, 0.6) is 0 Å². The summed E-state index contributed by atoms with van der Waals surface area (Å²) in [6.07, 6.45) is 0.743. The third-order valence-corrected chi connectivity index (χ3v) is 2.14. The van der Waals surface area contributed by atoms with Crippen LogP contribution in [0.3, 0.4) is 0 Å². The van der Waals surface area contributed by atoms with Crippen LogP contribution in [0, 0.1) is 0 Å².